The molecule has 0 aliphatic heterocycles. The van der Waals surface area contributed by atoms with Crippen molar-refractivity contribution in [3.8, 4) is 11.1 Å². The summed E-state index contributed by atoms with van der Waals surface area (Å²) in [6, 6.07) is 5.81. The maximum Gasteiger partial charge on any atom is 0.471 e. The molecule has 1 aliphatic carbocycles. The van der Waals surface area contributed by atoms with Crippen LogP contribution in [0.5, 0.6) is 0 Å². The minimum Gasteiger partial charge on any atom is -0.462 e. The number of ether oxygens (including phenoxy) is 1. The van der Waals surface area contributed by atoms with E-state index in [2.05, 4.69) is 0 Å². The summed E-state index contributed by atoms with van der Waals surface area (Å²) in [5.74, 6) is -2.88. The molecule has 0 radical (unpaired) electrons. The number of fused-ring (bicyclic) bond motifs is 1. The molecule has 144 valence electrons. The van der Waals surface area contributed by atoms with Crippen LogP contribution in [0.25, 0.3) is 11.1 Å². The summed E-state index contributed by atoms with van der Waals surface area (Å²) in [6.45, 7) is 1.68. The Bertz CT molecular complexity index is 874. The molecule has 3 rings (SSSR count). The Morgan fingerprint density at radius 2 is 1.89 bits per heavy atom. The van der Waals surface area contributed by atoms with Crippen LogP contribution in [-0.4, -0.2) is 24.7 Å². The summed E-state index contributed by atoms with van der Waals surface area (Å²) < 4.78 is 42.8. The predicted molar refractivity (Wildman–Crippen MR) is 97.0 cm³/mol. The Labute approximate surface area is 158 Å². The van der Waals surface area contributed by atoms with Crippen LogP contribution in [0.15, 0.2) is 23.6 Å². The van der Waals surface area contributed by atoms with Gasteiger partial charge in [-0.2, -0.15) is 13.2 Å². The van der Waals surface area contributed by atoms with E-state index < -0.39 is 18.1 Å². The van der Waals surface area contributed by atoms with Crippen molar-refractivity contribution in [1.29, 1.82) is 0 Å². The lowest BCUT2D eigenvalue weighted by Gasteiger charge is -2.17. The van der Waals surface area contributed by atoms with E-state index in [-0.39, 0.29) is 17.2 Å². The molecule has 1 aromatic heterocycles. The Morgan fingerprint density at radius 1 is 1.19 bits per heavy atom. The molecule has 0 spiro atoms. The van der Waals surface area contributed by atoms with Gasteiger partial charge in [-0.05, 0) is 49.3 Å². The first-order valence-corrected chi connectivity index (χ1v) is 9.48. The smallest absolute Gasteiger partial charge is 0.462 e. The molecular formula is C19H18F3NO3S. The molecule has 2 aromatic rings. The average Bonchev–Trinajstić information content (AvgIpc) is 3.04. The van der Waals surface area contributed by atoms with Gasteiger partial charge in [-0.25, -0.2) is 4.79 Å². The van der Waals surface area contributed by atoms with Crippen molar-refractivity contribution in [2.75, 3.05) is 11.9 Å². The zero-order valence-electron chi connectivity index (χ0n) is 14.6. The van der Waals surface area contributed by atoms with Gasteiger partial charge in [0.2, 0.25) is 0 Å². The molecule has 0 fully saturated rings. The number of rotatable bonds is 4. The maximum absolute atomic E-state index is 12.6. The van der Waals surface area contributed by atoms with E-state index in [4.69, 9.17) is 4.74 Å². The highest BCUT2D eigenvalue weighted by Crippen LogP contribution is 2.38. The van der Waals surface area contributed by atoms with Crippen LogP contribution in [0.2, 0.25) is 0 Å². The number of hydrogen-bond acceptors (Lipinski definition) is 4. The summed E-state index contributed by atoms with van der Waals surface area (Å²) in [6.07, 6.45) is -0.900. The van der Waals surface area contributed by atoms with E-state index >= 15 is 0 Å². The van der Waals surface area contributed by atoms with Gasteiger partial charge in [0.15, 0.2) is 0 Å². The standard InChI is InChI=1S/C19H18F3NO3S/c1-2-26-17(24)15-14(10-27-16(15)23-18(25)19(20,21)22)13-8-7-11-5-3-4-6-12(11)9-13/h7-10H,2-6H2,1H3,(H,23,25). The minimum absolute atomic E-state index is 0.0461. The highest BCUT2D eigenvalue weighted by atomic mass is 32.1. The Kier molecular flexibility index (Phi) is 5.55. The third-order valence-electron chi connectivity index (χ3n) is 4.41. The summed E-state index contributed by atoms with van der Waals surface area (Å²) in [5.41, 5.74) is 3.58. The fraction of sp³-hybridized carbons (Fsp3) is 0.368. The van der Waals surface area contributed by atoms with Crippen molar-refractivity contribution in [1.82, 2.24) is 0 Å². The van der Waals surface area contributed by atoms with E-state index in [9.17, 15) is 22.8 Å². The Morgan fingerprint density at radius 3 is 2.56 bits per heavy atom. The van der Waals surface area contributed by atoms with E-state index in [1.54, 1.807) is 17.6 Å². The molecular weight excluding hydrogens is 379 g/mol. The second-order valence-electron chi connectivity index (χ2n) is 6.22. The van der Waals surface area contributed by atoms with Gasteiger partial charge in [0.25, 0.3) is 0 Å². The fourth-order valence-electron chi connectivity index (χ4n) is 3.14. The maximum atomic E-state index is 12.6. The lowest BCUT2D eigenvalue weighted by molar-refractivity contribution is -0.167. The molecule has 0 saturated carbocycles. The third-order valence-corrected chi connectivity index (χ3v) is 5.31. The van der Waals surface area contributed by atoms with Gasteiger partial charge >= 0.3 is 18.1 Å². The van der Waals surface area contributed by atoms with Crippen molar-refractivity contribution in [2.45, 2.75) is 38.8 Å². The van der Waals surface area contributed by atoms with Gasteiger partial charge in [-0.3, -0.25) is 4.79 Å². The van der Waals surface area contributed by atoms with Crippen LogP contribution in [0.4, 0.5) is 18.2 Å². The van der Waals surface area contributed by atoms with Gasteiger partial charge in [0, 0.05) is 10.9 Å². The molecule has 0 unspecified atom stereocenters. The zero-order valence-corrected chi connectivity index (χ0v) is 15.4. The number of benzene rings is 1. The molecule has 0 atom stereocenters. The van der Waals surface area contributed by atoms with Crippen LogP contribution < -0.4 is 5.32 Å². The number of carbonyl (C=O) groups is 2. The number of nitrogens with one attached hydrogen (secondary N) is 1. The average molecular weight is 397 g/mol. The number of esters is 1. The van der Waals surface area contributed by atoms with E-state index in [1.165, 1.54) is 11.1 Å². The first-order valence-electron chi connectivity index (χ1n) is 8.60. The predicted octanol–water partition coefficient (Wildman–Crippen LogP) is 4.97. The zero-order chi connectivity index (χ0) is 19.6. The van der Waals surface area contributed by atoms with Gasteiger partial charge in [0.05, 0.1) is 6.61 Å². The van der Waals surface area contributed by atoms with E-state index in [1.807, 2.05) is 18.2 Å². The molecule has 0 saturated heterocycles. The normalized spacial score (nSPS) is 13.8. The van der Waals surface area contributed by atoms with Gasteiger partial charge < -0.3 is 10.1 Å². The highest BCUT2D eigenvalue weighted by molar-refractivity contribution is 7.15. The minimum atomic E-state index is -5.04. The number of thiophene rings is 1. The Hall–Kier alpha value is -2.35. The van der Waals surface area contributed by atoms with Crippen LogP contribution >= 0.6 is 11.3 Å². The second kappa shape index (κ2) is 7.72. The van der Waals surface area contributed by atoms with Crippen LogP contribution in [0, 0.1) is 0 Å². The van der Waals surface area contributed by atoms with Crippen molar-refractivity contribution in [3.05, 3.63) is 40.3 Å². The number of anilines is 1. The van der Waals surface area contributed by atoms with Crippen molar-refractivity contribution in [2.24, 2.45) is 0 Å². The lowest BCUT2D eigenvalue weighted by atomic mass is 9.89. The van der Waals surface area contributed by atoms with E-state index in [0.29, 0.717) is 5.56 Å². The number of alkyl halides is 3. The largest absolute Gasteiger partial charge is 0.471 e. The van der Waals surface area contributed by atoms with Gasteiger partial charge in [-0.15, -0.1) is 11.3 Å². The first kappa shape index (κ1) is 19.4. The van der Waals surface area contributed by atoms with Crippen molar-refractivity contribution < 1.29 is 27.5 Å². The molecule has 1 N–H and O–H groups in total. The van der Waals surface area contributed by atoms with Gasteiger partial charge in [0.1, 0.15) is 10.6 Å². The first-order chi connectivity index (χ1) is 12.8. The number of amides is 1. The Balaban J connectivity index is 2.02. The monoisotopic (exact) mass is 397 g/mol. The molecule has 1 aromatic carbocycles. The molecule has 0 bridgehead atoms. The van der Waals surface area contributed by atoms with Gasteiger partial charge in [-0.1, -0.05) is 18.2 Å². The van der Waals surface area contributed by atoms with Crippen molar-refractivity contribution >= 4 is 28.2 Å². The van der Waals surface area contributed by atoms with Crippen LogP contribution in [0.1, 0.15) is 41.3 Å². The second-order valence-corrected chi connectivity index (χ2v) is 7.10. The van der Waals surface area contributed by atoms with Crippen LogP contribution in [-0.2, 0) is 22.4 Å². The molecule has 1 amide bonds. The summed E-state index contributed by atoms with van der Waals surface area (Å²) in [4.78, 5) is 23.7. The topological polar surface area (TPSA) is 55.4 Å². The summed E-state index contributed by atoms with van der Waals surface area (Å²) >= 11 is 0.874. The number of hydrogen-bond donors (Lipinski definition) is 1. The SMILES string of the molecule is CCOC(=O)c1c(-c2ccc3c(c2)CCCC3)csc1NC(=O)C(F)(F)F. The summed E-state index contributed by atoms with van der Waals surface area (Å²) in [7, 11) is 0. The summed E-state index contributed by atoms with van der Waals surface area (Å²) in [5, 5.41) is 3.20. The number of halogens is 3. The fourth-order valence-corrected chi connectivity index (χ4v) is 4.10. The van der Waals surface area contributed by atoms with E-state index in [0.717, 1.165) is 42.6 Å². The molecule has 8 heteroatoms. The van der Waals surface area contributed by atoms with Crippen molar-refractivity contribution in [3.63, 3.8) is 0 Å². The third kappa shape index (κ3) is 4.16. The molecule has 27 heavy (non-hydrogen) atoms. The molecule has 1 aliphatic rings. The quantitative estimate of drug-likeness (QED) is 0.741. The number of carbonyl (C=O) groups excluding carboxylic acids is 2. The molecule has 4 nitrogen and oxygen atoms in total. The highest BCUT2D eigenvalue weighted by Gasteiger charge is 2.40. The number of aryl methyl sites for hydroxylation is 2. The lowest BCUT2D eigenvalue weighted by Crippen LogP contribution is -2.30. The van der Waals surface area contributed by atoms with Crippen LogP contribution in [0.3, 0.4) is 0 Å². The molecule has 1 heterocycles.